The normalized spacial score (nSPS) is 16.8. The third-order valence-corrected chi connectivity index (χ3v) is 5.54. The first-order valence-corrected chi connectivity index (χ1v) is 10.3. The molecule has 0 bridgehead atoms. The first-order valence-electron chi connectivity index (χ1n) is 9.90. The van der Waals surface area contributed by atoms with Crippen LogP contribution in [-0.4, -0.2) is 37.4 Å². The molecular weight excluding hydrogens is 398 g/mol. The second-order valence-electron chi connectivity index (χ2n) is 7.38. The summed E-state index contributed by atoms with van der Waals surface area (Å²) in [5.41, 5.74) is 2.38. The van der Waals surface area contributed by atoms with Crippen molar-refractivity contribution < 1.29 is 5.11 Å². The number of piperidine rings is 1. The highest BCUT2D eigenvalue weighted by atomic mass is 32.1. The van der Waals surface area contributed by atoms with Gasteiger partial charge >= 0.3 is 0 Å². The van der Waals surface area contributed by atoms with Crippen molar-refractivity contribution in [1.82, 2.24) is 19.5 Å². The van der Waals surface area contributed by atoms with Crippen molar-refractivity contribution >= 4 is 18.4 Å². The Kier molecular flexibility index (Phi) is 5.76. The molecule has 30 heavy (non-hydrogen) atoms. The van der Waals surface area contributed by atoms with Gasteiger partial charge in [0.25, 0.3) is 5.56 Å². The lowest BCUT2D eigenvalue weighted by Gasteiger charge is -2.33. The molecule has 0 radical (unpaired) electrons. The molecule has 1 atom stereocenters. The summed E-state index contributed by atoms with van der Waals surface area (Å²) in [6.07, 6.45) is 8.10. The van der Waals surface area contributed by atoms with E-state index in [9.17, 15) is 9.90 Å². The molecule has 154 valence electrons. The standard InChI is InChI=1S/C22H23N5O2S/c1-15-6-4-8-17(12-15)27-21(29)18(20(28)25-22(27)30)14-24-26-11-3-2-9-19(26)16-7-5-10-23-13-16/h4-8,10,12-14,19,29H,2-3,9,11H2,1H3,(H,25,28,30). The predicted molar refractivity (Wildman–Crippen MR) is 119 cm³/mol. The van der Waals surface area contributed by atoms with Gasteiger partial charge in [-0.15, -0.1) is 0 Å². The van der Waals surface area contributed by atoms with Gasteiger partial charge in [-0.3, -0.25) is 24.3 Å². The lowest BCUT2D eigenvalue weighted by Crippen LogP contribution is -2.29. The molecule has 1 aromatic carbocycles. The van der Waals surface area contributed by atoms with Crippen molar-refractivity contribution in [3.63, 3.8) is 0 Å². The molecule has 2 N–H and O–H groups in total. The van der Waals surface area contributed by atoms with Gasteiger partial charge < -0.3 is 5.11 Å². The van der Waals surface area contributed by atoms with Crippen LogP contribution < -0.4 is 5.56 Å². The van der Waals surface area contributed by atoms with Crippen LogP contribution in [0.15, 0.2) is 58.7 Å². The van der Waals surface area contributed by atoms with E-state index in [1.165, 1.54) is 10.8 Å². The first kappa shape index (κ1) is 20.0. The molecule has 1 saturated heterocycles. The van der Waals surface area contributed by atoms with Crippen LogP contribution in [0.4, 0.5) is 0 Å². The summed E-state index contributed by atoms with van der Waals surface area (Å²) >= 11 is 5.29. The summed E-state index contributed by atoms with van der Waals surface area (Å²) in [7, 11) is 0. The molecule has 0 amide bonds. The highest BCUT2D eigenvalue weighted by Gasteiger charge is 2.23. The van der Waals surface area contributed by atoms with Crippen LogP contribution in [0, 0.1) is 11.7 Å². The molecule has 3 heterocycles. The fourth-order valence-corrected chi connectivity index (χ4v) is 4.04. The highest BCUT2D eigenvalue weighted by molar-refractivity contribution is 7.71. The fraction of sp³-hybridized carbons (Fsp3) is 0.273. The highest BCUT2D eigenvalue weighted by Crippen LogP contribution is 2.30. The van der Waals surface area contributed by atoms with E-state index in [0.717, 1.165) is 36.9 Å². The average molecular weight is 422 g/mol. The Morgan fingerprint density at radius 2 is 2.17 bits per heavy atom. The second-order valence-corrected chi connectivity index (χ2v) is 7.76. The lowest BCUT2D eigenvalue weighted by molar-refractivity contribution is 0.156. The Morgan fingerprint density at radius 1 is 1.30 bits per heavy atom. The Bertz CT molecular complexity index is 1190. The van der Waals surface area contributed by atoms with E-state index in [1.807, 2.05) is 54.5 Å². The minimum absolute atomic E-state index is 0.0700. The molecule has 1 unspecified atom stereocenters. The van der Waals surface area contributed by atoms with E-state index in [1.54, 1.807) is 6.20 Å². The third-order valence-electron chi connectivity index (χ3n) is 5.26. The Labute approximate surface area is 179 Å². The van der Waals surface area contributed by atoms with Crippen molar-refractivity contribution in [2.75, 3.05) is 6.54 Å². The number of H-pyrrole nitrogens is 1. The van der Waals surface area contributed by atoms with Crippen molar-refractivity contribution in [2.45, 2.75) is 32.2 Å². The number of rotatable bonds is 4. The molecule has 1 fully saturated rings. The molecule has 7 nitrogen and oxygen atoms in total. The van der Waals surface area contributed by atoms with Crippen molar-refractivity contribution in [2.24, 2.45) is 5.10 Å². The Morgan fingerprint density at radius 3 is 2.93 bits per heavy atom. The zero-order valence-electron chi connectivity index (χ0n) is 16.7. The molecule has 1 aliphatic rings. The van der Waals surface area contributed by atoms with Gasteiger partial charge in [0.1, 0.15) is 5.56 Å². The molecule has 0 aliphatic carbocycles. The molecule has 8 heteroatoms. The van der Waals surface area contributed by atoms with Crippen LogP contribution in [-0.2, 0) is 0 Å². The molecule has 3 aromatic rings. The quantitative estimate of drug-likeness (QED) is 0.493. The van der Waals surface area contributed by atoms with E-state index in [4.69, 9.17) is 12.2 Å². The first-order chi connectivity index (χ1) is 14.5. The number of aromatic amines is 1. The largest absolute Gasteiger partial charge is 0.494 e. The minimum atomic E-state index is -0.472. The number of hydrazone groups is 1. The monoisotopic (exact) mass is 421 g/mol. The predicted octanol–water partition coefficient (Wildman–Crippen LogP) is 3.87. The third kappa shape index (κ3) is 4.04. The summed E-state index contributed by atoms with van der Waals surface area (Å²) in [4.78, 5) is 19.4. The van der Waals surface area contributed by atoms with E-state index >= 15 is 0 Å². The maximum Gasteiger partial charge on any atom is 0.264 e. The Balaban J connectivity index is 1.72. The summed E-state index contributed by atoms with van der Waals surface area (Å²) in [6.45, 7) is 2.72. The number of pyridine rings is 1. The molecule has 0 spiro atoms. The summed E-state index contributed by atoms with van der Waals surface area (Å²) in [5, 5.41) is 17.4. The zero-order valence-corrected chi connectivity index (χ0v) is 17.5. The molecule has 0 saturated carbocycles. The number of nitrogens with one attached hydrogen (secondary N) is 1. The van der Waals surface area contributed by atoms with Gasteiger partial charge in [-0.05, 0) is 67.7 Å². The molecule has 2 aromatic heterocycles. The SMILES string of the molecule is Cc1cccc(-n2c(O)c(C=NN3CCCCC3c3cccnc3)c(=O)[nH]c2=S)c1. The maximum absolute atomic E-state index is 12.5. The van der Waals surface area contributed by atoms with Crippen molar-refractivity contribution in [3.05, 3.63) is 80.6 Å². The van der Waals surface area contributed by atoms with Crippen molar-refractivity contribution in [1.29, 1.82) is 0 Å². The van der Waals surface area contributed by atoms with Gasteiger partial charge in [-0.1, -0.05) is 18.2 Å². The van der Waals surface area contributed by atoms with Crippen LogP contribution >= 0.6 is 12.2 Å². The summed E-state index contributed by atoms with van der Waals surface area (Å²) in [6, 6.07) is 11.6. The zero-order chi connectivity index (χ0) is 21.1. The average Bonchev–Trinajstić information content (AvgIpc) is 2.74. The van der Waals surface area contributed by atoms with Gasteiger partial charge in [-0.25, -0.2) is 0 Å². The minimum Gasteiger partial charge on any atom is -0.494 e. The molecule has 4 rings (SSSR count). The molecule has 1 aliphatic heterocycles. The summed E-state index contributed by atoms with van der Waals surface area (Å²) < 4.78 is 1.58. The second kappa shape index (κ2) is 8.62. The van der Waals surface area contributed by atoms with Gasteiger partial charge in [0, 0.05) is 18.9 Å². The summed E-state index contributed by atoms with van der Waals surface area (Å²) in [5.74, 6) is -0.229. The van der Waals surface area contributed by atoms with E-state index in [2.05, 4.69) is 15.1 Å². The van der Waals surface area contributed by atoms with Gasteiger partial charge in [0.2, 0.25) is 5.88 Å². The smallest absolute Gasteiger partial charge is 0.264 e. The topological polar surface area (TPSA) is 86.5 Å². The van der Waals surface area contributed by atoms with Gasteiger partial charge in [0.05, 0.1) is 17.9 Å². The number of nitrogens with zero attached hydrogens (tertiary/aromatic N) is 4. The van der Waals surface area contributed by atoms with Gasteiger partial charge in [0.15, 0.2) is 4.77 Å². The lowest BCUT2D eigenvalue weighted by atomic mass is 9.98. The number of aromatic hydroxyl groups is 1. The maximum atomic E-state index is 12.5. The van der Waals surface area contributed by atoms with E-state index < -0.39 is 5.56 Å². The number of benzene rings is 1. The Hall–Kier alpha value is -3.26. The number of aromatic nitrogens is 3. The van der Waals surface area contributed by atoms with E-state index in [-0.39, 0.29) is 22.3 Å². The number of hydrogen-bond donors (Lipinski definition) is 2. The molecular formula is C22H23N5O2S. The van der Waals surface area contributed by atoms with Crippen LogP contribution in [0.5, 0.6) is 5.88 Å². The van der Waals surface area contributed by atoms with Crippen molar-refractivity contribution in [3.8, 4) is 11.6 Å². The van der Waals surface area contributed by atoms with E-state index in [0.29, 0.717) is 5.69 Å². The number of aryl methyl sites for hydroxylation is 1. The number of hydrogen-bond acceptors (Lipinski definition) is 6. The van der Waals surface area contributed by atoms with Crippen LogP contribution in [0.25, 0.3) is 5.69 Å². The van der Waals surface area contributed by atoms with Crippen LogP contribution in [0.1, 0.15) is 42.0 Å². The fourth-order valence-electron chi connectivity index (χ4n) is 3.76. The van der Waals surface area contributed by atoms with Gasteiger partial charge in [-0.2, -0.15) is 5.10 Å². The van der Waals surface area contributed by atoms with Crippen LogP contribution in [0.3, 0.4) is 0 Å². The van der Waals surface area contributed by atoms with Crippen LogP contribution in [0.2, 0.25) is 0 Å².